The van der Waals surface area contributed by atoms with Crippen molar-refractivity contribution in [1.82, 2.24) is 9.97 Å². The van der Waals surface area contributed by atoms with E-state index in [4.69, 9.17) is 4.74 Å². The molecule has 19 heavy (non-hydrogen) atoms. The molecule has 1 aromatic rings. The van der Waals surface area contributed by atoms with Gasteiger partial charge in [-0.2, -0.15) is 4.98 Å². The van der Waals surface area contributed by atoms with Crippen molar-refractivity contribution in [3.8, 4) is 5.88 Å². The van der Waals surface area contributed by atoms with Crippen molar-refractivity contribution in [3.63, 3.8) is 0 Å². The normalized spacial score (nSPS) is 12.3. The lowest BCUT2D eigenvalue weighted by Gasteiger charge is -2.17. The van der Waals surface area contributed by atoms with E-state index in [9.17, 15) is 9.90 Å². The van der Waals surface area contributed by atoms with Crippen LogP contribution < -0.4 is 10.1 Å². The van der Waals surface area contributed by atoms with E-state index in [0.717, 1.165) is 0 Å². The number of nitrogens with one attached hydrogen (secondary N) is 1. The molecule has 0 amide bonds. The summed E-state index contributed by atoms with van der Waals surface area (Å²) in [5.74, 6) is 0.864. The first-order chi connectivity index (χ1) is 8.92. The zero-order valence-corrected chi connectivity index (χ0v) is 11.8. The number of carbonyl (C=O) groups is 1. The maximum absolute atomic E-state index is 11.2. The molecule has 6 nitrogen and oxygen atoms in total. The van der Waals surface area contributed by atoms with Crippen LogP contribution in [0, 0.1) is 12.8 Å². The highest BCUT2D eigenvalue weighted by Gasteiger charge is 2.19. The molecule has 1 unspecified atom stereocenters. The van der Waals surface area contributed by atoms with Gasteiger partial charge in [-0.05, 0) is 26.2 Å². The lowest BCUT2D eigenvalue weighted by atomic mass is 10.0. The Morgan fingerprint density at radius 1 is 1.47 bits per heavy atom. The highest BCUT2D eigenvalue weighted by atomic mass is 16.5. The van der Waals surface area contributed by atoms with Gasteiger partial charge in [-0.1, -0.05) is 13.8 Å². The van der Waals surface area contributed by atoms with Crippen LogP contribution in [-0.4, -0.2) is 33.7 Å². The van der Waals surface area contributed by atoms with Crippen LogP contribution in [0.1, 0.15) is 33.0 Å². The molecule has 1 atom stereocenters. The zero-order chi connectivity index (χ0) is 14.4. The Bertz CT molecular complexity index is 435. The summed E-state index contributed by atoms with van der Waals surface area (Å²) in [6.45, 7) is 8.07. The predicted octanol–water partition coefficient (Wildman–Crippen LogP) is 2.09. The van der Waals surface area contributed by atoms with Crippen LogP contribution in [0.4, 0.5) is 5.82 Å². The van der Waals surface area contributed by atoms with Crippen LogP contribution in [0.2, 0.25) is 0 Å². The number of hydrogen-bond donors (Lipinski definition) is 2. The van der Waals surface area contributed by atoms with Crippen LogP contribution in [0.3, 0.4) is 0 Å². The SMILES string of the molecule is CCOc1cc(NC(CC(C)C)C(=O)O)nc(C)n1. The molecule has 0 saturated carbocycles. The Hall–Kier alpha value is -1.85. The number of nitrogens with zero attached hydrogens (tertiary/aromatic N) is 2. The molecule has 0 saturated heterocycles. The molecule has 0 aromatic carbocycles. The second kappa shape index (κ2) is 6.92. The van der Waals surface area contributed by atoms with E-state index in [1.54, 1.807) is 13.0 Å². The Kier molecular flexibility index (Phi) is 5.54. The molecule has 0 aliphatic rings. The van der Waals surface area contributed by atoms with Crippen LogP contribution in [0.15, 0.2) is 6.07 Å². The molecular weight excluding hydrogens is 246 g/mol. The van der Waals surface area contributed by atoms with Crippen molar-refractivity contribution in [2.45, 2.75) is 40.2 Å². The molecule has 0 fully saturated rings. The summed E-state index contributed by atoms with van der Waals surface area (Å²) in [5, 5.41) is 12.1. The summed E-state index contributed by atoms with van der Waals surface area (Å²) < 4.78 is 5.31. The summed E-state index contributed by atoms with van der Waals surface area (Å²) in [4.78, 5) is 19.5. The average molecular weight is 267 g/mol. The minimum Gasteiger partial charge on any atom is -0.480 e. The molecule has 6 heteroatoms. The van der Waals surface area contributed by atoms with Gasteiger partial charge in [0.15, 0.2) is 0 Å². The molecular formula is C13H21N3O3. The largest absolute Gasteiger partial charge is 0.480 e. The minimum absolute atomic E-state index is 0.280. The van der Waals surface area contributed by atoms with Gasteiger partial charge in [0.1, 0.15) is 17.7 Å². The quantitative estimate of drug-likeness (QED) is 0.787. The van der Waals surface area contributed by atoms with Crippen LogP contribution in [-0.2, 0) is 4.79 Å². The Morgan fingerprint density at radius 3 is 2.68 bits per heavy atom. The predicted molar refractivity (Wildman–Crippen MR) is 72.4 cm³/mol. The fraction of sp³-hybridized carbons (Fsp3) is 0.615. The van der Waals surface area contributed by atoms with Crippen molar-refractivity contribution in [1.29, 1.82) is 0 Å². The van der Waals surface area contributed by atoms with Gasteiger partial charge >= 0.3 is 5.97 Å². The molecule has 0 aliphatic heterocycles. The van der Waals surface area contributed by atoms with E-state index in [2.05, 4.69) is 15.3 Å². The lowest BCUT2D eigenvalue weighted by molar-refractivity contribution is -0.138. The molecule has 1 heterocycles. The average Bonchev–Trinajstić information content (AvgIpc) is 2.27. The maximum atomic E-state index is 11.2. The van der Waals surface area contributed by atoms with Gasteiger partial charge in [-0.25, -0.2) is 9.78 Å². The van der Waals surface area contributed by atoms with Crippen molar-refractivity contribution in [3.05, 3.63) is 11.9 Å². The molecule has 0 radical (unpaired) electrons. The van der Waals surface area contributed by atoms with Crippen LogP contribution in [0.5, 0.6) is 5.88 Å². The van der Waals surface area contributed by atoms with Crippen molar-refractivity contribution in [2.24, 2.45) is 5.92 Å². The summed E-state index contributed by atoms with van der Waals surface area (Å²) in [5.41, 5.74) is 0. The standard InChI is InChI=1S/C13H21N3O3/c1-5-19-12-7-11(14-9(4)15-12)16-10(13(17)18)6-8(2)3/h7-8,10H,5-6H2,1-4H3,(H,17,18)(H,14,15,16). The molecule has 0 bridgehead atoms. The summed E-state index contributed by atoms with van der Waals surface area (Å²) >= 11 is 0. The number of carboxylic acid groups (broad SMARTS) is 1. The molecule has 2 N–H and O–H groups in total. The molecule has 0 spiro atoms. The number of anilines is 1. The lowest BCUT2D eigenvalue weighted by Crippen LogP contribution is -2.31. The first kappa shape index (κ1) is 15.2. The third-order valence-corrected chi connectivity index (χ3v) is 2.43. The second-order valence-electron chi connectivity index (χ2n) is 4.74. The third-order valence-electron chi connectivity index (χ3n) is 2.43. The number of hydrogen-bond acceptors (Lipinski definition) is 5. The number of ether oxygens (including phenoxy) is 1. The molecule has 106 valence electrons. The highest BCUT2D eigenvalue weighted by molar-refractivity contribution is 5.76. The number of aryl methyl sites for hydroxylation is 1. The highest BCUT2D eigenvalue weighted by Crippen LogP contribution is 2.16. The molecule has 1 aromatic heterocycles. The van der Waals surface area contributed by atoms with E-state index in [0.29, 0.717) is 30.5 Å². The van der Waals surface area contributed by atoms with Gasteiger partial charge in [0.25, 0.3) is 0 Å². The smallest absolute Gasteiger partial charge is 0.326 e. The van der Waals surface area contributed by atoms with E-state index in [1.807, 2.05) is 20.8 Å². The first-order valence-corrected chi connectivity index (χ1v) is 6.40. The van der Waals surface area contributed by atoms with Gasteiger partial charge in [-0.15, -0.1) is 0 Å². The molecule has 0 aliphatic carbocycles. The minimum atomic E-state index is -0.886. The molecule has 1 rings (SSSR count). The van der Waals surface area contributed by atoms with Gasteiger partial charge in [0.2, 0.25) is 5.88 Å². The first-order valence-electron chi connectivity index (χ1n) is 6.40. The van der Waals surface area contributed by atoms with Crippen LogP contribution >= 0.6 is 0 Å². The Balaban J connectivity index is 2.86. The Labute approximate surface area is 113 Å². The van der Waals surface area contributed by atoms with Gasteiger partial charge in [-0.3, -0.25) is 0 Å². The maximum Gasteiger partial charge on any atom is 0.326 e. The van der Waals surface area contributed by atoms with E-state index >= 15 is 0 Å². The topological polar surface area (TPSA) is 84.3 Å². The number of aromatic nitrogens is 2. The van der Waals surface area contributed by atoms with Gasteiger partial charge < -0.3 is 15.2 Å². The number of carboxylic acids is 1. The van der Waals surface area contributed by atoms with Crippen LogP contribution in [0.25, 0.3) is 0 Å². The van der Waals surface area contributed by atoms with Crippen molar-refractivity contribution in [2.75, 3.05) is 11.9 Å². The summed E-state index contributed by atoms with van der Waals surface area (Å²) in [6.07, 6.45) is 0.530. The summed E-state index contributed by atoms with van der Waals surface area (Å²) in [7, 11) is 0. The van der Waals surface area contributed by atoms with Gasteiger partial charge in [0, 0.05) is 6.07 Å². The number of aliphatic carboxylic acids is 1. The Morgan fingerprint density at radius 2 is 2.16 bits per heavy atom. The monoisotopic (exact) mass is 267 g/mol. The fourth-order valence-corrected chi connectivity index (χ4v) is 1.71. The van der Waals surface area contributed by atoms with Crippen molar-refractivity contribution < 1.29 is 14.6 Å². The zero-order valence-electron chi connectivity index (χ0n) is 11.8. The second-order valence-corrected chi connectivity index (χ2v) is 4.74. The summed E-state index contributed by atoms with van der Waals surface area (Å²) in [6, 6.07) is 0.955. The van der Waals surface area contributed by atoms with Gasteiger partial charge in [0.05, 0.1) is 6.61 Å². The van der Waals surface area contributed by atoms with E-state index in [-0.39, 0.29) is 5.92 Å². The number of rotatable bonds is 7. The van der Waals surface area contributed by atoms with E-state index < -0.39 is 12.0 Å². The third kappa shape index (κ3) is 5.11. The fourth-order valence-electron chi connectivity index (χ4n) is 1.71. The van der Waals surface area contributed by atoms with Crippen molar-refractivity contribution >= 4 is 11.8 Å². The van der Waals surface area contributed by atoms with E-state index in [1.165, 1.54) is 0 Å².